The number of ether oxygens (including phenoxy) is 1. The second kappa shape index (κ2) is 9.86. The molecule has 6 aromatic rings. The smallest absolute Gasteiger partial charge is 0.343 e. The standard InChI is InChI=1S/C36H27N3O5/c1-2-36(42)30-16-32-33-28(18-39(32)34(40)29(30)20-43-35(36)41)27(25-12-5-6-13-31(25)38-33)17-37-44-19-24-11-7-10-23-14-21-8-3-4-9-22(21)15-26(23)24/h3-17,42H,2,18-20H2,1H3/b37-17+/t36-/m0/s1. The number of carbonyl (C=O) groups excluding carboxylic acids is 1. The summed E-state index contributed by atoms with van der Waals surface area (Å²) in [4.78, 5) is 37.0. The maximum Gasteiger partial charge on any atom is 0.343 e. The molecule has 0 unspecified atom stereocenters. The molecule has 1 N–H and O–H groups in total. The van der Waals surface area contributed by atoms with Crippen LogP contribution in [-0.4, -0.2) is 26.8 Å². The number of hydrogen-bond donors (Lipinski definition) is 1. The molecular weight excluding hydrogens is 554 g/mol. The zero-order chi connectivity index (χ0) is 30.0. The van der Waals surface area contributed by atoms with Gasteiger partial charge < -0.3 is 19.2 Å². The lowest BCUT2D eigenvalue weighted by Gasteiger charge is -2.31. The Balaban J connectivity index is 1.18. The van der Waals surface area contributed by atoms with Gasteiger partial charge in [-0.2, -0.15) is 0 Å². The molecule has 216 valence electrons. The van der Waals surface area contributed by atoms with Gasteiger partial charge in [0.25, 0.3) is 5.56 Å². The minimum absolute atomic E-state index is 0.0852. The van der Waals surface area contributed by atoms with Crippen LogP contribution in [-0.2, 0) is 39.7 Å². The lowest BCUT2D eigenvalue weighted by molar-refractivity contribution is -0.172. The average molecular weight is 582 g/mol. The molecule has 44 heavy (non-hydrogen) atoms. The third-order valence-corrected chi connectivity index (χ3v) is 8.95. The van der Waals surface area contributed by atoms with Crippen molar-refractivity contribution in [1.29, 1.82) is 0 Å². The summed E-state index contributed by atoms with van der Waals surface area (Å²) in [6.07, 6.45) is 1.77. The lowest BCUT2D eigenvalue weighted by atomic mass is 9.86. The van der Waals surface area contributed by atoms with Gasteiger partial charge in [-0.05, 0) is 57.8 Å². The first kappa shape index (κ1) is 26.3. The number of cyclic esters (lactones) is 1. The molecular formula is C36H27N3O5. The molecule has 0 aliphatic carbocycles. The number of rotatable bonds is 5. The predicted molar refractivity (Wildman–Crippen MR) is 168 cm³/mol. The maximum atomic E-state index is 13.7. The number of nitrogens with zero attached hydrogens (tertiary/aromatic N) is 3. The second-order valence-electron chi connectivity index (χ2n) is 11.3. The molecule has 0 amide bonds. The highest BCUT2D eigenvalue weighted by Gasteiger charge is 2.45. The minimum atomic E-state index is -1.88. The molecule has 4 heterocycles. The zero-order valence-electron chi connectivity index (χ0n) is 23.9. The van der Waals surface area contributed by atoms with E-state index in [-0.39, 0.29) is 42.9 Å². The molecule has 2 aliphatic rings. The summed E-state index contributed by atoms with van der Waals surface area (Å²) in [5, 5.41) is 21.1. The highest BCUT2D eigenvalue weighted by molar-refractivity contribution is 6.02. The first-order valence-corrected chi connectivity index (χ1v) is 14.6. The molecule has 2 aliphatic heterocycles. The Hall–Kier alpha value is -5.34. The van der Waals surface area contributed by atoms with Crippen molar-refractivity contribution in [2.75, 3.05) is 0 Å². The van der Waals surface area contributed by atoms with Crippen molar-refractivity contribution in [3.8, 4) is 11.4 Å². The van der Waals surface area contributed by atoms with Crippen LogP contribution in [0.4, 0.5) is 0 Å². The predicted octanol–water partition coefficient (Wildman–Crippen LogP) is 5.94. The van der Waals surface area contributed by atoms with E-state index in [1.807, 2.05) is 48.5 Å². The fourth-order valence-electron chi connectivity index (χ4n) is 6.56. The fourth-order valence-corrected chi connectivity index (χ4v) is 6.56. The molecule has 1 atom stereocenters. The van der Waals surface area contributed by atoms with Gasteiger partial charge in [0.15, 0.2) is 5.60 Å². The van der Waals surface area contributed by atoms with Crippen molar-refractivity contribution in [1.82, 2.24) is 9.55 Å². The van der Waals surface area contributed by atoms with Crippen LogP contribution < -0.4 is 5.56 Å². The van der Waals surface area contributed by atoms with E-state index < -0.39 is 11.6 Å². The Morgan fingerprint density at radius 3 is 2.57 bits per heavy atom. The molecule has 8 rings (SSSR count). The molecule has 0 spiro atoms. The van der Waals surface area contributed by atoms with E-state index >= 15 is 0 Å². The summed E-state index contributed by atoms with van der Waals surface area (Å²) in [5.74, 6) is -0.745. The summed E-state index contributed by atoms with van der Waals surface area (Å²) in [6.45, 7) is 2.07. The molecule has 0 bridgehead atoms. The summed E-state index contributed by atoms with van der Waals surface area (Å²) < 4.78 is 6.84. The van der Waals surface area contributed by atoms with Gasteiger partial charge in [0.05, 0.1) is 35.2 Å². The van der Waals surface area contributed by atoms with Gasteiger partial charge in [-0.15, -0.1) is 0 Å². The minimum Gasteiger partial charge on any atom is -0.458 e. The van der Waals surface area contributed by atoms with Gasteiger partial charge >= 0.3 is 5.97 Å². The monoisotopic (exact) mass is 581 g/mol. The van der Waals surface area contributed by atoms with E-state index in [0.29, 0.717) is 11.4 Å². The average Bonchev–Trinajstić information content (AvgIpc) is 3.42. The van der Waals surface area contributed by atoms with Crippen LogP contribution in [0.25, 0.3) is 43.8 Å². The second-order valence-corrected chi connectivity index (χ2v) is 11.3. The normalized spacial score (nSPS) is 17.2. The molecule has 8 nitrogen and oxygen atoms in total. The summed E-state index contributed by atoms with van der Waals surface area (Å²) in [6, 6.07) is 28.3. The van der Waals surface area contributed by atoms with E-state index in [1.54, 1.807) is 23.8 Å². The van der Waals surface area contributed by atoms with Crippen LogP contribution in [0.15, 0.2) is 94.9 Å². The summed E-state index contributed by atoms with van der Waals surface area (Å²) in [7, 11) is 0. The first-order valence-electron chi connectivity index (χ1n) is 14.6. The number of aliphatic hydroxyl groups is 1. The van der Waals surface area contributed by atoms with Crippen LogP contribution in [0.5, 0.6) is 0 Å². The van der Waals surface area contributed by atoms with Crippen molar-refractivity contribution in [3.63, 3.8) is 0 Å². The highest BCUT2D eigenvalue weighted by atomic mass is 16.6. The van der Waals surface area contributed by atoms with E-state index in [4.69, 9.17) is 14.6 Å². The van der Waals surface area contributed by atoms with Gasteiger partial charge in [-0.25, -0.2) is 9.78 Å². The van der Waals surface area contributed by atoms with Crippen LogP contribution >= 0.6 is 0 Å². The first-order chi connectivity index (χ1) is 21.5. The molecule has 4 aromatic carbocycles. The van der Waals surface area contributed by atoms with Crippen LogP contribution in [0, 0.1) is 0 Å². The van der Waals surface area contributed by atoms with Crippen LogP contribution in [0.2, 0.25) is 0 Å². The van der Waals surface area contributed by atoms with Gasteiger partial charge in [0.1, 0.15) is 13.2 Å². The topological polar surface area (TPSA) is 103 Å². The molecule has 8 heteroatoms. The number of oxime groups is 1. The Labute approximate surface area is 251 Å². The van der Waals surface area contributed by atoms with Crippen molar-refractivity contribution >= 4 is 44.6 Å². The third-order valence-electron chi connectivity index (χ3n) is 8.95. The van der Waals surface area contributed by atoms with Crippen LogP contribution in [0.1, 0.15) is 41.2 Å². The number of aromatic nitrogens is 2. The number of esters is 1. The number of carbonyl (C=O) groups is 1. The Bertz CT molecular complexity index is 2270. The van der Waals surface area contributed by atoms with E-state index in [2.05, 4.69) is 35.5 Å². The summed E-state index contributed by atoms with van der Waals surface area (Å²) in [5.41, 5.74) is 2.94. The van der Waals surface area contributed by atoms with Gasteiger partial charge in [0.2, 0.25) is 0 Å². The lowest BCUT2D eigenvalue weighted by Crippen LogP contribution is -2.44. The third kappa shape index (κ3) is 3.88. The highest BCUT2D eigenvalue weighted by Crippen LogP contribution is 2.40. The quantitative estimate of drug-likeness (QED) is 0.117. The number of hydrogen-bond acceptors (Lipinski definition) is 7. The number of pyridine rings is 2. The van der Waals surface area contributed by atoms with Gasteiger partial charge in [0, 0.05) is 22.1 Å². The summed E-state index contributed by atoms with van der Waals surface area (Å²) >= 11 is 0. The molecule has 0 saturated carbocycles. The Morgan fingerprint density at radius 2 is 1.73 bits per heavy atom. The molecule has 0 radical (unpaired) electrons. The molecule has 0 fully saturated rings. The van der Waals surface area contributed by atoms with Crippen LogP contribution in [0.3, 0.4) is 0 Å². The SMILES string of the molecule is CC[C@@]1(O)C(=O)OCc2c1cc1n(c2=O)Cc2c-1nc1ccccc1c2/C=N/OCc1cccc2cc3ccccc3cc12. The number of benzene rings is 4. The number of para-hydroxylation sites is 1. The largest absolute Gasteiger partial charge is 0.458 e. The zero-order valence-corrected chi connectivity index (χ0v) is 23.9. The maximum absolute atomic E-state index is 13.7. The Morgan fingerprint density at radius 1 is 0.955 bits per heavy atom. The van der Waals surface area contributed by atoms with E-state index in [1.165, 1.54) is 10.8 Å². The number of fused-ring (bicyclic) bond motifs is 7. The van der Waals surface area contributed by atoms with Crippen molar-refractivity contribution < 1.29 is 19.5 Å². The van der Waals surface area contributed by atoms with E-state index in [0.717, 1.165) is 38.4 Å². The van der Waals surface area contributed by atoms with Crippen molar-refractivity contribution in [2.45, 2.75) is 38.7 Å². The van der Waals surface area contributed by atoms with Crippen molar-refractivity contribution in [2.24, 2.45) is 5.16 Å². The Kier molecular flexibility index (Phi) is 5.89. The van der Waals surface area contributed by atoms with E-state index in [9.17, 15) is 14.7 Å². The molecule has 0 saturated heterocycles. The van der Waals surface area contributed by atoms with Crippen molar-refractivity contribution in [3.05, 3.63) is 123 Å². The van der Waals surface area contributed by atoms with Gasteiger partial charge in [-0.1, -0.05) is 72.7 Å². The van der Waals surface area contributed by atoms with Gasteiger partial charge in [-0.3, -0.25) is 4.79 Å². The molecule has 2 aromatic heterocycles. The fraction of sp³-hybridized carbons (Fsp3) is 0.167.